The maximum absolute atomic E-state index is 13.0. The van der Waals surface area contributed by atoms with Crippen molar-refractivity contribution in [3.05, 3.63) is 59.2 Å². The number of halogens is 3. The lowest BCUT2D eigenvalue weighted by atomic mass is 9.94. The molecule has 0 aliphatic carbocycles. The predicted octanol–water partition coefficient (Wildman–Crippen LogP) is 4.49. The third-order valence-electron chi connectivity index (χ3n) is 2.86. The van der Waals surface area contributed by atoms with Crippen LogP contribution < -0.4 is 0 Å². The Morgan fingerprint density at radius 3 is 2.32 bits per heavy atom. The van der Waals surface area contributed by atoms with E-state index in [4.69, 9.17) is 0 Å². The molecule has 0 saturated carbocycles. The summed E-state index contributed by atoms with van der Waals surface area (Å²) in [6.07, 6.45) is -3.87. The van der Waals surface area contributed by atoms with Crippen LogP contribution in [-0.4, -0.2) is 6.29 Å². The van der Waals surface area contributed by atoms with Gasteiger partial charge in [0.05, 0.1) is 5.56 Å². The zero-order valence-electron chi connectivity index (χ0n) is 10.2. The van der Waals surface area contributed by atoms with Crippen LogP contribution in [0.25, 0.3) is 11.1 Å². The highest BCUT2D eigenvalue weighted by molar-refractivity contribution is 5.88. The molecule has 0 unspecified atom stereocenters. The average Bonchev–Trinajstić information content (AvgIpc) is 2.37. The molecule has 0 atom stereocenters. The second-order valence-electron chi connectivity index (χ2n) is 4.25. The van der Waals surface area contributed by atoms with Gasteiger partial charge in [-0.2, -0.15) is 13.2 Å². The normalized spacial score (nSPS) is 11.4. The van der Waals surface area contributed by atoms with E-state index in [1.54, 1.807) is 19.1 Å². The summed E-state index contributed by atoms with van der Waals surface area (Å²) in [5.74, 6) is 0. The van der Waals surface area contributed by atoms with Gasteiger partial charge in [0, 0.05) is 5.56 Å². The van der Waals surface area contributed by atoms with Gasteiger partial charge in [-0.15, -0.1) is 0 Å². The van der Waals surface area contributed by atoms with Crippen molar-refractivity contribution in [3.8, 4) is 11.1 Å². The lowest BCUT2D eigenvalue weighted by Gasteiger charge is -2.14. The fourth-order valence-corrected chi connectivity index (χ4v) is 1.97. The number of carbonyl (C=O) groups is 1. The Morgan fingerprint density at radius 1 is 1.00 bits per heavy atom. The zero-order chi connectivity index (χ0) is 14.0. The second kappa shape index (κ2) is 4.88. The Labute approximate surface area is 108 Å². The molecule has 0 N–H and O–H groups in total. The summed E-state index contributed by atoms with van der Waals surface area (Å²) in [6, 6.07) is 10.1. The lowest BCUT2D eigenvalue weighted by Crippen LogP contribution is -2.07. The number of hydrogen-bond acceptors (Lipinski definition) is 1. The summed E-state index contributed by atoms with van der Waals surface area (Å²) in [5, 5.41) is 0. The van der Waals surface area contributed by atoms with Gasteiger partial charge in [-0.1, -0.05) is 42.0 Å². The van der Waals surface area contributed by atoms with Crippen LogP contribution in [0.5, 0.6) is 0 Å². The molecule has 0 radical (unpaired) electrons. The summed E-state index contributed by atoms with van der Waals surface area (Å²) < 4.78 is 38.9. The van der Waals surface area contributed by atoms with Gasteiger partial charge in [0.1, 0.15) is 0 Å². The highest BCUT2D eigenvalue weighted by Crippen LogP contribution is 2.38. The summed E-state index contributed by atoms with van der Waals surface area (Å²) >= 11 is 0. The number of hydrogen-bond donors (Lipinski definition) is 0. The molecule has 0 aliphatic heterocycles. The van der Waals surface area contributed by atoms with Crippen molar-refractivity contribution in [1.82, 2.24) is 0 Å². The predicted molar refractivity (Wildman–Crippen MR) is 67.0 cm³/mol. The molecule has 0 amide bonds. The maximum Gasteiger partial charge on any atom is 0.417 e. The van der Waals surface area contributed by atoms with E-state index in [1.165, 1.54) is 24.3 Å². The molecule has 0 fully saturated rings. The smallest absolute Gasteiger partial charge is 0.298 e. The molecule has 19 heavy (non-hydrogen) atoms. The fraction of sp³-hybridized carbons (Fsp3) is 0.133. The van der Waals surface area contributed by atoms with Gasteiger partial charge in [-0.25, -0.2) is 0 Å². The van der Waals surface area contributed by atoms with Gasteiger partial charge in [0.2, 0.25) is 0 Å². The van der Waals surface area contributed by atoms with Crippen molar-refractivity contribution in [1.29, 1.82) is 0 Å². The number of carbonyl (C=O) groups excluding carboxylic acids is 1. The van der Waals surface area contributed by atoms with Crippen LogP contribution in [0.15, 0.2) is 42.5 Å². The number of benzene rings is 2. The van der Waals surface area contributed by atoms with Gasteiger partial charge in [-0.3, -0.25) is 4.79 Å². The highest BCUT2D eigenvalue weighted by atomic mass is 19.4. The van der Waals surface area contributed by atoms with E-state index in [9.17, 15) is 18.0 Å². The number of aldehydes is 1. The molecule has 0 bridgehead atoms. The average molecular weight is 264 g/mol. The van der Waals surface area contributed by atoms with Crippen molar-refractivity contribution in [2.24, 2.45) is 0 Å². The fourth-order valence-electron chi connectivity index (χ4n) is 1.97. The van der Waals surface area contributed by atoms with Crippen LogP contribution in [0, 0.1) is 6.92 Å². The monoisotopic (exact) mass is 264 g/mol. The molecule has 4 heteroatoms. The maximum atomic E-state index is 13.0. The van der Waals surface area contributed by atoms with Crippen molar-refractivity contribution in [2.75, 3.05) is 0 Å². The number of rotatable bonds is 2. The van der Waals surface area contributed by atoms with Crippen LogP contribution in [0.3, 0.4) is 0 Å². The van der Waals surface area contributed by atoms with E-state index < -0.39 is 11.7 Å². The van der Waals surface area contributed by atoms with Gasteiger partial charge in [0.15, 0.2) is 6.29 Å². The minimum atomic E-state index is -4.44. The van der Waals surface area contributed by atoms with E-state index in [2.05, 4.69) is 0 Å². The van der Waals surface area contributed by atoms with Gasteiger partial charge in [0.25, 0.3) is 0 Å². The van der Waals surface area contributed by atoms with Crippen molar-refractivity contribution < 1.29 is 18.0 Å². The van der Waals surface area contributed by atoms with Crippen LogP contribution in [0.1, 0.15) is 21.5 Å². The first-order chi connectivity index (χ1) is 8.93. The van der Waals surface area contributed by atoms with E-state index >= 15 is 0 Å². The van der Waals surface area contributed by atoms with Gasteiger partial charge >= 0.3 is 6.18 Å². The third kappa shape index (κ3) is 2.67. The van der Waals surface area contributed by atoms with Crippen molar-refractivity contribution in [3.63, 3.8) is 0 Å². The molecule has 0 saturated heterocycles. The largest absolute Gasteiger partial charge is 0.417 e. The molecular weight excluding hydrogens is 253 g/mol. The van der Waals surface area contributed by atoms with Crippen molar-refractivity contribution >= 4 is 6.29 Å². The van der Waals surface area contributed by atoms with Crippen LogP contribution in [-0.2, 0) is 6.18 Å². The van der Waals surface area contributed by atoms with Gasteiger partial charge < -0.3 is 0 Å². The van der Waals surface area contributed by atoms with E-state index in [1.807, 2.05) is 0 Å². The van der Waals surface area contributed by atoms with Crippen molar-refractivity contribution in [2.45, 2.75) is 13.1 Å². The minimum Gasteiger partial charge on any atom is -0.298 e. The molecule has 0 aliphatic rings. The first-order valence-corrected chi connectivity index (χ1v) is 5.66. The summed E-state index contributed by atoms with van der Waals surface area (Å²) in [4.78, 5) is 11.0. The Hall–Kier alpha value is -2.10. The van der Waals surface area contributed by atoms with E-state index in [0.29, 0.717) is 11.8 Å². The summed E-state index contributed by atoms with van der Waals surface area (Å²) in [7, 11) is 0. The molecule has 1 nitrogen and oxygen atoms in total. The summed E-state index contributed by atoms with van der Waals surface area (Å²) in [5.41, 5.74) is 0.660. The summed E-state index contributed by atoms with van der Waals surface area (Å²) in [6.45, 7) is 1.77. The quantitative estimate of drug-likeness (QED) is 0.730. The zero-order valence-corrected chi connectivity index (χ0v) is 10.2. The third-order valence-corrected chi connectivity index (χ3v) is 2.86. The van der Waals surface area contributed by atoms with Crippen LogP contribution in [0.4, 0.5) is 13.2 Å². The number of aryl methyl sites for hydroxylation is 1. The molecule has 2 aromatic carbocycles. The lowest BCUT2D eigenvalue weighted by molar-refractivity contribution is -0.137. The Morgan fingerprint density at radius 2 is 1.68 bits per heavy atom. The molecular formula is C15H11F3O. The Balaban J connectivity index is 2.72. The topological polar surface area (TPSA) is 17.1 Å². The highest BCUT2D eigenvalue weighted by Gasteiger charge is 2.33. The van der Waals surface area contributed by atoms with Gasteiger partial charge in [-0.05, 0) is 24.1 Å². The Bertz CT molecular complexity index is 615. The number of alkyl halides is 3. The van der Waals surface area contributed by atoms with E-state index in [0.717, 1.165) is 11.6 Å². The van der Waals surface area contributed by atoms with Crippen LogP contribution in [0.2, 0.25) is 0 Å². The molecule has 98 valence electrons. The molecule has 0 heterocycles. The Kier molecular flexibility index (Phi) is 3.42. The van der Waals surface area contributed by atoms with Crippen LogP contribution >= 0.6 is 0 Å². The molecule has 0 aromatic heterocycles. The first-order valence-electron chi connectivity index (χ1n) is 5.66. The molecule has 2 aromatic rings. The standard InChI is InChI=1S/C15H11F3O/c1-10-6-7-11(9-19)13(8-10)12-4-2-3-5-14(12)15(16,17)18/h2-9H,1H3. The minimum absolute atomic E-state index is 0.0285. The molecule has 0 spiro atoms. The SMILES string of the molecule is Cc1ccc(C=O)c(-c2ccccc2C(F)(F)F)c1. The molecule has 2 rings (SSSR count). The first kappa shape index (κ1) is 13.3. The van der Waals surface area contributed by atoms with E-state index in [-0.39, 0.29) is 11.1 Å². The second-order valence-corrected chi connectivity index (χ2v) is 4.25.